The Kier molecular flexibility index (Phi) is 5.77. The van der Waals surface area contributed by atoms with Gasteiger partial charge in [0.05, 0.1) is 15.9 Å². The number of nitriles is 1. The van der Waals surface area contributed by atoms with Gasteiger partial charge in [0.25, 0.3) is 5.91 Å². The minimum atomic E-state index is -0.230. The maximum Gasteiger partial charge on any atom is 0.262 e. The van der Waals surface area contributed by atoms with Crippen LogP contribution in [0.2, 0.25) is 0 Å². The van der Waals surface area contributed by atoms with Crippen LogP contribution in [0, 0.1) is 11.3 Å². The lowest BCUT2D eigenvalue weighted by molar-refractivity contribution is -0.112. The van der Waals surface area contributed by atoms with Crippen molar-refractivity contribution in [2.75, 3.05) is 11.6 Å². The first-order valence-electron chi connectivity index (χ1n) is 8.85. The van der Waals surface area contributed by atoms with Gasteiger partial charge >= 0.3 is 0 Å². The molecule has 0 aliphatic rings. The van der Waals surface area contributed by atoms with Crippen molar-refractivity contribution in [3.05, 3.63) is 40.8 Å². The lowest BCUT2D eigenvalue weighted by Crippen LogP contribution is -2.17. The molecule has 27 heavy (non-hydrogen) atoms. The van der Waals surface area contributed by atoms with E-state index in [4.69, 9.17) is 4.98 Å². The van der Waals surface area contributed by atoms with Crippen molar-refractivity contribution in [2.45, 2.75) is 33.2 Å². The number of unbranched alkanes of at least 4 members (excludes halogenated alkanes) is 1. The zero-order chi connectivity index (χ0) is 19.4. The monoisotopic (exact) mass is 379 g/mol. The van der Waals surface area contributed by atoms with Crippen molar-refractivity contribution in [1.82, 2.24) is 14.5 Å². The Balaban J connectivity index is 2.24. The Morgan fingerprint density at radius 3 is 2.63 bits per heavy atom. The van der Waals surface area contributed by atoms with Gasteiger partial charge < -0.3 is 9.88 Å². The molecular formula is C20H21N5OS. The van der Waals surface area contributed by atoms with Gasteiger partial charge in [0.2, 0.25) is 0 Å². The fraction of sp³-hybridized carbons (Fsp3) is 0.300. The first-order chi connectivity index (χ1) is 13.1. The molecule has 6 nitrogen and oxygen atoms in total. The predicted octanol–water partition coefficient (Wildman–Crippen LogP) is 4.46. The quantitative estimate of drug-likeness (QED) is 0.639. The number of aryl methyl sites for hydroxylation is 1. The molecule has 0 saturated heterocycles. The predicted molar refractivity (Wildman–Crippen MR) is 111 cm³/mol. The molecule has 1 amide bonds. The first kappa shape index (κ1) is 18.9. The highest BCUT2D eigenvalue weighted by Gasteiger charge is 2.22. The molecule has 0 radical (unpaired) electrons. The van der Waals surface area contributed by atoms with Gasteiger partial charge in [-0.1, -0.05) is 31.6 Å². The van der Waals surface area contributed by atoms with Crippen LogP contribution >= 0.6 is 11.8 Å². The third kappa shape index (κ3) is 3.53. The number of anilines is 1. The number of aromatic nitrogens is 3. The molecule has 2 aromatic heterocycles. The summed E-state index contributed by atoms with van der Waals surface area (Å²) < 4.78 is 1.91. The number of fused-ring (bicyclic) bond motifs is 2. The average Bonchev–Trinajstić information content (AvgIpc) is 2.96. The third-order valence-corrected chi connectivity index (χ3v) is 5.20. The summed E-state index contributed by atoms with van der Waals surface area (Å²) in [4.78, 5) is 22.6. The minimum absolute atomic E-state index is 0.230. The Bertz CT molecular complexity index is 1080. The molecule has 0 unspecified atom stereocenters. The number of nitrogens with zero attached hydrogens (tertiary/aromatic N) is 4. The zero-order valence-corrected chi connectivity index (χ0v) is 16.4. The van der Waals surface area contributed by atoms with E-state index in [9.17, 15) is 10.1 Å². The molecule has 0 atom stereocenters. The van der Waals surface area contributed by atoms with E-state index < -0.39 is 0 Å². The van der Waals surface area contributed by atoms with E-state index in [1.165, 1.54) is 11.8 Å². The molecule has 0 saturated carbocycles. The number of amides is 1. The zero-order valence-electron chi connectivity index (χ0n) is 15.6. The van der Waals surface area contributed by atoms with E-state index in [0.717, 1.165) is 23.9 Å². The summed E-state index contributed by atoms with van der Waals surface area (Å²) >= 11 is 1.37. The van der Waals surface area contributed by atoms with Crippen molar-refractivity contribution in [3.8, 4) is 6.07 Å². The number of para-hydroxylation sites is 2. The molecule has 3 aromatic rings. The Morgan fingerprint density at radius 1 is 1.33 bits per heavy atom. The summed E-state index contributed by atoms with van der Waals surface area (Å²) in [6.07, 6.45) is 5.50. The largest absolute Gasteiger partial charge is 0.309 e. The smallest absolute Gasteiger partial charge is 0.262 e. The molecule has 2 heterocycles. The van der Waals surface area contributed by atoms with Gasteiger partial charge in [0.1, 0.15) is 23.0 Å². The highest BCUT2D eigenvalue weighted by molar-refractivity contribution is 8.03. The molecule has 1 aromatic carbocycles. The lowest BCUT2D eigenvalue weighted by atomic mass is 10.2. The molecule has 0 fully saturated rings. The second-order valence-corrected chi connectivity index (χ2v) is 6.88. The maximum absolute atomic E-state index is 12.6. The lowest BCUT2D eigenvalue weighted by Gasteiger charge is -2.12. The summed E-state index contributed by atoms with van der Waals surface area (Å²) in [5.74, 6) is 0.237. The summed E-state index contributed by atoms with van der Waals surface area (Å²) in [5, 5.41) is 12.7. The molecule has 138 valence electrons. The fourth-order valence-electron chi connectivity index (χ4n) is 2.98. The normalized spacial score (nSPS) is 11.7. The number of nitrogens with one attached hydrogen (secondary N) is 1. The van der Waals surface area contributed by atoms with E-state index in [2.05, 4.69) is 23.3 Å². The van der Waals surface area contributed by atoms with Crippen LogP contribution in [0.5, 0.6) is 0 Å². The highest BCUT2D eigenvalue weighted by Crippen LogP contribution is 2.30. The van der Waals surface area contributed by atoms with Gasteiger partial charge in [-0.2, -0.15) is 5.26 Å². The van der Waals surface area contributed by atoms with Crippen LogP contribution in [0.25, 0.3) is 22.2 Å². The third-order valence-electron chi connectivity index (χ3n) is 4.34. The fourth-order valence-corrected chi connectivity index (χ4v) is 3.45. The topological polar surface area (TPSA) is 83.6 Å². The summed E-state index contributed by atoms with van der Waals surface area (Å²) in [7, 11) is 0. The van der Waals surface area contributed by atoms with Crippen molar-refractivity contribution in [3.63, 3.8) is 0 Å². The van der Waals surface area contributed by atoms with Gasteiger partial charge in [0, 0.05) is 6.54 Å². The number of thioether (sulfide) groups is 1. The van der Waals surface area contributed by atoms with Gasteiger partial charge in [-0.3, -0.25) is 4.79 Å². The number of carbonyl (C=O) groups excluding carboxylic acids is 1. The molecule has 0 aliphatic carbocycles. The van der Waals surface area contributed by atoms with Gasteiger partial charge in [0.15, 0.2) is 5.65 Å². The molecular weight excluding hydrogens is 358 g/mol. The van der Waals surface area contributed by atoms with Crippen LogP contribution in [0.15, 0.2) is 35.2 Å². The summed E-state index contributed by atoms with van der Waals surface area (Å²) in [6.45, 7) is 4.57. The second-order valence-electron chi connectivity index (χ2n) is 6.04. The van der Waals surface area contributed by atoms with Gasteiger partial charge in [-0.15, -0.1) is 11.8 Å². The Morgan fingerprint density at radius 2 is 2.04 bits per heavy atom. The minimum Gasteiger partial charge on any atom is -0.309 e. The first-order valence-corrected chi connectivity index (χ1v) is 10.1. The van der Waals surface area contributed by atoms with E-state index in [1.807, 2.05) is 42.0 Å². The summed E-state index contributed by atoms with van der Waals surface area (Å²) in [5.41, 5.74) is 2.99. The van der Waals surface area contributed by atoms with Crippen LogP contribution < -0.4 is 5.32 Å². The molecule has 3 rings (SSSR count). The SMILES string of the molecule is C/C=C(\SC)C(=O)Nc1c(C#N)c2nc3ccccc3nc2n1CCCC. The van der Waals surface area contributed by atoms with Crippen LogP contribution in [0.1, 0.15) is 32.3 Å². The van der Waals surface area contributed by atoms with Crippen molar-refractivity contribution in [2.24, 2.45) is 0 Å². The Hall–Kier alpha value is -2.85. The van der Waals surface area contributed by atoms with E-state index in [-0.39, 0.29) is 5.91 Å². The molecule has 7 heteroatoms. The number of allylic oxidation sites excluding steroid dienone is 1. The number of benzene rings is 1. The Labute approximate surface area is 162 Å². The average molecular weight is 379 g/mol. The highest BCUT2D eigenvalue weighted by atomic mass is 32.2. The molecule has 0 bridgehead atoms. The summed E-state index contributed by atoms with van der Waals surface area (Å²) in [6, 6.07) is 9.79. The van der Waals surface area contributed by atoms with Crippen LogP contribution in [0.4, 0.5) is 5.82 Å². The van der Waals surface area contributed by atoms with Crippen LogP contribution in [0.3, 0.4) is 0 Å². The van der Waals surface area contributed by atoms with Gasteiger partial charge in [-0.05, 0) is 31.7 Å². The van der Waals surface area contributed by atoms with E-state index in [0.29, 0.717) is 34.0 Å². The molecule has 0 spiro atoms. The molecule has 1 N–H and O–H groups in total. The van der Waals surface area contributed by atoms with Crippen LogP contribution in [-0.4, -0.2) is 26.7 Å². The van der Waals surface area contributed by atoms with Crippen LogP contribution in [-0.2, 0) is 11.3 Å². The number of hydrogen-bond acceptors (Lipinski definition) is 5. The van der Waals surface area contributed by atoms with Crippen molar-refractivity contribution >= 4 is 45.7 Å². The van der Waals surface area contributed by atoms with Gasteiger partial charge in [-0.25, -0.2) is 9.97 Å². The molecule has 0 aliphatic heterocycles. The van der Waals surface area contributed by atoms with E-state index >= 15 is 0 Å². The second kappa shape index (κ2) is 8.23. The maximum atomic E-state index is 12.6. The van der Waals surface area contributed by atoms with E-state index in [1.54, 1.807) is 6.08 Å². The van der Waals surface area contributed by atoms with Crippen molar-refractivity contribution < 1.29 is 4.79 Å². The number of carbonyl (C=O) groups is 1. The van der Waals surface area contributed by atoms with Crippen molar-refractivity contribution in [1.29, 1.82) is 5.26 Å². The number of hydrogen-bond donors (Lipinski definition) is 1. The number of rotatable bonds is 6. The standard InChI is InChI=1S/C20H21N5OS/c1-4-6-11-25-18(24-20(26)16(5-2)27-3)13(12-21)17-19(25)23-15-10-8-7-9-14(15)22-17/h5,7-10H,4,6,11H2,1-3H3,(H,24,26)/b16-5-.